The average molecular weight is 294 g/mol. The Balaban J connectivity index is 1.81. The molecule has 0 saturated heterocycles. The molecule has 0 aromatic heterocycles. The lowest BCUT2D eigenvalue weighted by molar-refractivity contribution is -0.112. The molecule has 0 aromatic rings. The van der Waals surface area contributed by atoms with Gasteiger partial charge in [0.15, 0.2) is 5.78 Å². The van der Waals surface area contributed by atoms with E-state index in [1.54, 1.807) is 22.3 Å². The molecule has 1 heteroatoms. The van der Waals surface area contributed by atoms with Crippen molar-refractivity contribution in [3.05, 3.63) is 45.6 Å². The summed E-state index contributed by atoms with van der Waals surface area (Å²) in [6.45, 7) is 0. The summed E-state index contributed by atoms with van der Waals surface area (Å²) in [6.07, 6.45) is 18.3. The van der Waals surface area contributed by atoms with Crippen LogP contribution in [0.25, 0.3) is 0 Å². The van der Waals surface area contributed by atoms with E-state index >= 15 is 0 Å². The summed E-state index contributed by atoms with van der Waals surface area (Å²) in [6, 6.07) is 0. The minimum absolute atomic E-state index is 0.374. The highest BCUT2D eigenvalue weighted by molar-refractivity contribution is 6.08. The Hall–Kier alpha value is -1.37. The molecule has 0 amide bonds. The minimum Gasteiger partial charge on any atom is -0.289 e. The Bertz CT molecular complexity index is 568. The van der Waals surface area contributed by atoms with Crippen LogP contribution < -0.4 is 0 Å². The predicted octanol–water partition coefficient (Wildman–Crippen LogP) is 5.74. The van der Waals surface area contributed by atoms with Gasteiger partial charge in [-0.3, -0.25) is 4.79 Å². The molecule has 0 aromatic carbocycles. The third kappa shape index (κ3) is 2.45. The van der Waals surface area contributed by atoms with Gasteiger partial charge in [-0.25, -0.2) is 0 Å². The van der Waals surface area contributed by atoms with Crippen molar-refractivity contribution in [3.63, 3.8) is 0 Å². The first-order valence-electron chi connectivity index (χ1n) is 9.22. The van der Waals surface area contributed by atoms with Gasteiger partial charge >= 0.3 is 0 Å². The molecule has 116 valence electrons. The van der Waals surface area contributed by atoms with Crippen LogP contribution in [0, 0.1) is 0 Å². The predicted molar refractivity (Wildman–Crippen MR) is 90.6 cm³/mol. The van der Waals surface area contributed by atoms with Crippen molar-refractivity contribution >= 4 is 5.78 Å². The third-order valence-electron chi connectivity index (χ3n) is 5.83. The molecule has 0 saturated carbocycles. The maximum Gasteiger partial charge on any atom is 0.184 e. The molecule has 0 N–H and O–H groups in total. The number of Topliss-reactive ketones (excluding diaryl/α,β-unsaturated/α-hetero) is 1. The van der Waals surface area contributed by atoms with Crippen molar-refractivity contribution in [1.82, 2.24) is 0 Å². The van der Waals surface area contributed by atoms with Crippen LogP contribution in [0.3, 0.4) is 0 Å². The van der Waals surface area contributed by atoms with Gasteiger partial charge in [0.1, 0.15) is 0 Å². The summed E-state index contributed by atoms with van der Waals surface area (Å²) in [5.74, 6) is 0.374. The van der Waals surface area contributed by atoms with E-state index in [0.29, 0.717) is 5.78 Å². The fourth-order valence-electron chi connectivity index (χ4n) is 4.72. The van der Waals surface area contributed by atoms with Crippen molar-refractivity contribution in [1.29, 1.82) is 0 Å². The first-order valence-corrected chi connectivity index (χ1v) is 9.22. The zero-order valence-electron chi connectivity index (χ0n) is 13.5. The summed E-state index contributed by atoms with van der Waals surface area (Å²) in [5, 5.41) is 0. The summed E-state index contributed by atoms with van der Waals surface area (Å²) in [7, 11) is 0. The average Bonchev–Trinajstić information content (AvgIpc) is 2.55. The SMILES string of the molecule is O=C1C2=CCCCC3=C4CCC/C=C\1CCCC4=C3CCC2. The largest absolute Gasteiger partial charge is 0.289 e. The topological polar surface area (TPSA) is 17.1 Å². The lowest BCUT2D eigenvalue weighted by Gasteiger charge is -2.33. The van der Waals surface area contributed by atoms with Crippen LogP contribution in [-0.2, 0) is 4.79 Å². The van der Waals surface area contributed by atoms with Gasteiger partial charge < -0.3 is 0 Å². The number of allylic oxidation sites excluding steroid dienone is 8. The summed E-state index contributed by atoms with van der Waals surface area (Å²) < 4.78 is 0. The molecule has 4 rings (SSSR count). The molecular formula is C21H26O. The normalized spacial score (nSPS) is 28.5. The van der Waals surface area contributed by atoms with Crippen LogP contribution in [0.2, 0.25) is 0 Å². The highest BCUT2D eigenvalue weighted by Crippen LogP contribution is 2.47. The zero-order chi connectivity index (χ0) is 14.9. The first kappa shape index (κ1) is 14.2. The van der Waals surface area contributed by atoms with Crippen molar-refractivity contribution in [2.75, 3.05) is 0 Å². The molecule has 0 radical (unpaired) electrons. The number of hydrogen-bond acceptors (Lipinski definition) is 1. The molecule has 4 bridgehead atoms. The molecule has 1 nitrogen and oxygen atoms in total. The Morgan fingerprint density at radius 1 is 0.545 bits per heavy atom. The van der Waals surface area contributed by atoms with Crippen LogP contribution in [0.5, 0.6) is 0 Å². The second kappa shape index (κ2) is 6.02. The number of ketones is 1. The van der Waals surface area contributed by atoms with Gasteiger partial charge in [0, 0.05) is 0 Å². The molecule has 0 aliphatic heterocycles. The molecule has 0 fully saturated rings. The second-order valence-electron chi connectivity index (χ2n) is 7.19. The van der Waals surface area contributed by atoms with E-state index in [2.05, 4.69) is 12.2 Å². The van der Waals surface area contributed by atoms with Crippen molar-refractivity contribution in [3.8, 4) is 0 Å². The number of carbonyl (C=O) groups is 1. The molecule has 4 aliphatic rings. The van der Waals surface area contributed by atoms with Gasteiger partial charge in [0.2, 0.25) is 0 Å². The lowest BCUT2D eigenvalue weighted by atomic mass is 9.72. The molecule has 0 heterocycles. The van der Waals surface area contributed by atoms with Crippen molar-refractivity contribution in [2.45, 2.75) is 77.0 Å². The van der Waals surface area contributed by atoms with Gasteiger partial charge in [-0.2, -0.15) is 0 Å². The molecular weight excluding hydrogens is 268 g/mol. The van der Waals surface area contributed by atoms with E-state index < -0.39 is 0 Å². The van der Waals surface area contributed by atoms with Crippen LogP contribution in [0.1, 0.15) is 77.0 Å². The Morgan fingerprint density at radius 3 is 1.41 bits per heavy atom. The lowest BCUT2D eigenvalue weighted by Crippen LogP contribution is -2.14. The van der Waals surface area contributed by atoms with Gasteiger partial charge in [0.25, 0.3) is 0 Å². The van der Waals surface area contributed by atoms with Crippen LogP contribution in [0.4, 0.5) is 0 Å². The van der Waals surface area contributed by atoms with Crippen molar-refractivity contribution in [2.24, 2.45) is 0 Å². The van der Waals surface area contributed by atoms with E-state index in [9.17, 15) is 4.79 Å². The number of fused-ring (bicyclic) bond motifs is 6. The summed E-state index contributed by atoms with van der Waals surface area (Å²) >= 11 is 0. The van der Waals surface area contributed by atoms with E-state index in [0.717, 1.165) is 49.7 Å². The van der Waals surface area contributed by atoms with E-state index in [4.69, 9.17) is 0 Å². The smallest absolute Gasteiger partial charge is 0.184 e. The number of carbonyl (C=O) groups excluding carboxylic acids is 1. The summed E-state index contributed by atoms with van der Waals surface area (Å²) in [5.41, 5.74) is 9.08. The van der Waals surface area contributed by atoms with E-state index in [1.165, 1.54) is 38.5 Å². The quantitative estimate of drug-likeness (QED) is 0.557. The minimum atomic E-state index is 0.374. The standard InChI is InChI=1S/C21H26O/c22-21-15-7-1-3-11-17-18-12-4-2-8-16(21)10-6-14-20(18)19(17)13-5-9-15/h7-8H,1-6,9-14H2/b15-7-,16-8?. The molecule has 0 atom stereocenters. The number of hydrogen-bond donors (Lipinski definition) is 0. The highest BCUT2D eigenvalue weighted by Gasteiger charge is 2.29. The Kier molecular flexibility index (Phi) is 3.90. The maximum atomic E-state index is 12.9. The van der Waals surface area contributed by atoms with E-state index in [1.807, 2.05) is 0 Å². The Labute approximate surface area is 133 Å². The Morgan fingerprint density at radius 2 is 0.955 bits per heavy atom. The fourth-order valence-corrected chi connectivity index (χ4v) is 4.72. The molecule has 0 spiro atoms. The first-order chi connectivity index (χ1) is 10.8. The van der Waals surface area contributed by atoms with Gasteiger partial charge in [-0.15, -0.1) is 0 Å². The summed E-state index contributed by atoms with van der Waals surface area (Å²) in [4.78, 5) is 12.9. The van der Waals surface area contributed by atoms with Gasteiger partial charge in [-0.05, 0) is 110 Å². The number of rotatable bonds is 0. The zero-order valence-corrected chi connectivity index (χ0v) is 13.5. The second-order valence-corrected chi connectivity index (χ2v) is 7.19. The van der Waals surface area contributed by atoms with E-state index in [-0.39, 0.29) is 0 Å². The van der Waals surface area contributed by atoms with Crippen LogP contribution in [-0.4, -0.2) is 5.78 Å². The van der Waals surface area contributed by atoms with Crippen LogP contribution in [0.15, 0.2) is 45.6 Å². The maximum absolute atomic E-state index is 12.9. The van der Waals surface area contributed by atoms with Crippen molar-refractivity contribution < 1.29 is 4.79 Å². The third-order valence-corrected chi connectivity index (χ3v) is 5.83. The van der Waals surface area contributed by atoms with Gasteiger partial charge in [0.05, 0.1) is 0 Å². The molecule has 0 unspecified atom stereocenters. The van der Waals surface area contributed by atoms with Gasteiger partial charge in [-0.1, -0.05) is 12.2 Å². The fraction of sp³-hybridized carbons (Fsp3) is 0.571. The highest BCUT2D eigenvalue weighted by atomic mass is 16.1. The monoisotopic (exact) mass is 294 g/mol. The van der Waals surface area contributed by atoms with Crippen LogP contribution >= 0.6 is 0 Å². The molecule has 4 aliphatic carbocycles. The molecule has 22 heavy (non-hydrogen) atoms.